The number of nitrogens with one attached hydrogen (secondary N) is 2. The van der Waals surface area contributed by atoms with Crippen LogP contribution in [0.4, 0.5) is 9.59 Å². The minimum atomic E-state index is -1.16. The summed E-state index contributed by atoms with van der Waals surface area (Å²) in [7, 11) is 0. The number of amides is 2. The third-order valence-corrected chi connectivity index (χ3v) is 5.42. The minimum absolute atomic E-state index is 0.125. The Morgan fingerprint density at radius 2 is 1.40 bits per heavy atom. The molecule has 0 unspecified atom stereocenters. The Hall–Kier alpha value is -1.54. The molecule has 4 N–H and O–H groups in total. The Morgan fingerprint density at radius 3 is 1.87 bits per heavy atom. The molecule has 1 saturated carbocycles. The highest BCUT2D eigenvalue weighted by molar-refractivity contribution is 5.68. The maximum Gasteiger partial charge on any atom is 0.407 e. The Morgan fingerprint density at radius 1 is 0.900 bits per heavy atom. The van der Waals surface area contributed by atoms with Crippen LogP contribution in [0.5, 0.6) is 0 Å². The molecule has 0 heterocycles. The molecule has 1 aliphatic carbocycles. The highest BCUT2D eigenvalue weighted by Gasteiger charge is 2.44. The molecule has 176 valence electrons. The van der Waals surface area contributed by atoms with Gasteiger partial charge in [0.25, 0.3) is 0 Å². The third-order valence-electron chi connectivity index (χ3n) is 5.42. The van der Waals surface area contributed by atoms with Crippen molar-refractivity contribution in [2.75, 3.05) is 0 Å². The van der Waals surface area contributed by atoms with Gasteiger partial charge in [-0.3, -0.25) is 0 Å². The minimum Gasteiger partial charge on any atom is -0.444 e. The molecule has 5 atom stereocenters. The van der Waals surface area contributed by atoms with Crippen LogP contribution in [-0.4, -0.2) is 57.9 Å². The first-order chi connectivity index (χ1) is 13.7. The summed E-state index contributed by atoms with van der Waals surface area (Å²) in [4.78, 5) is 24.5. The van der Waals surface area contributed by atoms with Gasteiger partial charge in [-0.25, -0.2) is 9.59 Å². The average molecular weight is 431 g/mol. The normalized spacial score (nSPS) is 26.1. The summed E-state index contributed by atoms with van der Waals surface area (Å²) in [5.74, 6) is -0.228. The van der Waals surface area contributed by atoms with Gasteiger partial charge in [0.05, 0.1) is 12.1 Å². The largest absolute Gasteiger partial charge is 0.444 e. The Bertz CT molecular complexity index is 565. The lowest BCUT2D eigenvalue weighted by Gasteiger charge is -2.43. The molecular weight excluding hydrogens is 388 g/mol. The quantitative estimate of drug-likeness (QED) is 0.513. The van der Waals surface area contributed by atoms with E-state index in [0.717, 1.165) is 12.8 Å². The second kappa shape index (κ2) is 10.7. The third kappa shape index (κ3) is 8.30. The molecule has 0 aromatic heterocycles. The van der Waals surface area contributed by atoms with Crippen LogP contribution < -0.4 is 10.6 Å². The number of rotatable bonds is 6. The fourth-order valence-corrected chi connectivity index (χ4v) is 4.03. The van der Waals surface area contributed by atoms with Crippen LogP contribution in [0, 0.1) is 11.8 Å². The fraction of sp³-hybridized carbons (Fsp3) is 0.909. The molecule has 8 nitrogen and oxygen atoms in total. The van der Waals surface area contributed by atoms with Gasteiger partial charge in [-0.2, -0.15) is 0 Å². The van der Waals surface area contributed by atoms with Crippen molar-refractivity contribution >= 4 is 12.2 Å². The van der Waals surface area contributed by atoms with Crippen molar-refractivity contribution in [3.63, 3.8) is 0 Å². The standard InChI is InChI=1S/C22H42N2O6/c1-9-13(10-2)16(24-20(28)30-22(6,7)8)14-11-12-15(18(26)17(14)25)23-19(27)29-21(3,4)5/h13-18,25-26H,9-12H2,1-8H3,(H,23,27)(H,24,28)/t14-,15-,16-,17+,18+/m1/s1. The Labute approximate surface area is 181 Å². The first-order valence-electron chi connectivity index (χ1n) is 11.0. The van der Waals surface area contributed by atoms with E-state index < -0.39 is 41.6 Å². The zero-order chi connectivity index (χ0) is 23.3. The number of carbonyl (C=O) groups excluding carboxylic acids is 2. The molecule has 0 aromatic carbocycles. The van der Waals surface area contributed by atoms with E-state index >= 15 is 0 Å². The molecule has 0 aromatic rings. The van der Waals surface area contributed by atoms with Crippen molar-refractivity contribution in [3.05, 3.63) is 0 Å². The second-order valence-electron chi connectivity index (χ2n) is 10.2. The average Bonchev–Trinajstić information content (AvgIpc) is 2.56. The summed E-state index contributed by atoms with van der Waals surface area (Å²) in [5, 5.41) is 27.2. The van der Waals surface area contributed by atoms with Gasteiger partial charge in [-0.05, 0) is 60.3 Å². The highest BCUT2D eigenvalue weighted by Crippen LogP contribution is 2.33. The molecule has 0 spiro atoms. The molecule has 1 aliphatic rings. The molecule has 1 rings (SSSR count). The van der Waals surface area contributed by atoms with Gasteiger partial charge in [-0.1, -0.05) is 26.7 Å². The van der Waals surface area contributed by atoms with Gasteiger partial charge >= 0.3 is 12.2 Å². The molecular formula is C22H42N2O6. The zero-order valence-electron chi connectivity index (χ0n) is 19.8. The number of alkyl carbamates (subject to hydrolysis) is 2. The predicted molar refractivity (Wildman–Crippen MR) is 115 cm³/mol. The lowest BCUT2D eigenvalue weighted by molar-refractivity contribution is -0.0780. The van der Waals surface area contributed by atoms with Crippen LogP contribution in [0.15, 0.2) is 0 Å². The van der Waals surface area contributed by atoms with Crippen molar-refractivity contribution in [1.82, 2.24) is 10.6 Å². The summed E-state index contributed by atoms with van der Waals surface area (Å²) in [6, 6.07) is -0.961. The van der Waals surface area contributed by atoms with E-state index in [-0.39, 0.29) is 17.9 Å². The molecule has 0 aliphatic heterocycles. The van der Waals surface area contributed by atoms with Crippen molar-refractivity contribution < 1.29 is 29.3 Å². The van der Waals surface area contributed by atoms with Crippen LogP contribution in [0.25, 0.3) is 0 Å². The summed E-state index contributed by atoms with van der Waals surface area (Å²) in [5.41, 5.74) is -1.28. The number of aliphatic hydroxyl groups excluding tert-OH is 2. The highest BCUT2D eigenvalue weighted by atomic mass is 16.6. The van der Waals surface area contributed by atoms with E-state index in [1.165, 1.54) is 0 Å². The van der Waals surface area contributed by atoms with Crippen molar-refractivity contribution in [1.29, 1.82) is 0 Å². The molecule has 0 bridgehead atoms. The van der Waals surface area contributed by atoms with E-state index in [2.05, 4.69) is 10.6 Å². The SMILES string of the molecule is CCC(CC)[C@@H](NC(=O)OC(C)(C)C)[C@H]1CC[C@@H](NC(=O)OC(C)(C)C)[C@H](O)[C@H]1O. The summed E-state index contributed by atoms with van der Waals surface area (Å²) < 4.78 is 10.7. The second-order valence-corrected chi connectivity index (χ2v) is 10.2. The first-order valence-corrected chi connectivity index (χ1v) is 11.0. The number of hydrogen-bond acceptors (Lipinski definition) is 6. The van der Waals surface area contributed by atoms with Crippen LogP contribution in [0.3, 0.4) is 0 Å². The first kappa shape index (κ1) is 26.5. The van der Waals surface area contributed by atoms with Crippen molar-refractivity contribution in [2.45, 2.75) is 117 Å². The molecule has 30 heavy (non-hydrogen) atoms. The lowest BCUT2D eigenvalue weighted by Crippen LogP contribution is -2.60. The van der Waals surface area contributed by atoms with Crippen LogP contribution in [-0.2, 0) is 9.47 Å². The van der Waals surface area contributed by atoms with E-state index in [4.69, 9.17) is 9.47 Å². The number of hydrogen-bond donors (Lipinski definition) is 4. The maximum absolute atomic E-state index is 12.4. The van der Waals surface area contributed by atoms with E-state index in [9.17, 15) is 19.8 Å². The summed E-state index contributed by atoms with van der Waals surface area (Å²) in [6.45, 7) is 14.7. The summed E-state index contributed by atoms with van der Waals surface area (Å²) >= 11 is 0. The molecule has 1 fully saturated rings. The number of ether oxygens (including phenoxy) is 2. The molecule has 0 radical (unpaired) electrons. The predicted octanol–water partition coefficient (Wildman–Crippen LogP) is 3.34. The van der Waals surface area contributed by atoms with Gasteiger partial charge in [-0.15, -0.1) is 0 Å². The molecule has 2 amide bonds. The fourth-order valence-electron chi connectivity index (χ4n) is 4.03. The lowest BCUT2D eigenvalue weighted by atomic mass is 9.72. The van der Waals surface area contributed by atoms with Crippen molar-refractivity contribution in [2.24, 2.45) is 11.8 Å². The molecule has 8 heteroatoms. The molecule has 0 saturated heterocycles. The van der Waals surface area contributed by atoms with Gasteiger partial charge in [0.1, 0.15) is 17.3 Å². The van der Waals surface area contributed by atoms with Crippen LogP contribution >= 0.6 is 0 Å². The van der Waals surface area contributed by atoms with Gasteiger partial charge < -0.3 is 30.3 Å². The topological polar surface area (TPSA) is 117 Å². The van der Waals surface area contributed by atoms with E-state index in [1.807, 2.05) is 13.8 Å². The zero-order valence-corrected chi connectivity index (χ0v) is 19.8. The number of carbonyl (C=O) groups is 2. The van der Waals surface area contributed by atoms with Crippen LogP contribution in [0.2, 0.25) is 0 Å². The Balaban J connectivity index is 2.90. The number of aliphatic hydroxyl groups is 2. The Kier molecular flexibility index (Phi) is 9.42. The van der Waals surface area contributed by atoms with E-state index in [0.29, 0.717) is 12.8 Å². The van der Waals surface area contributed by atoms with Gasteiger partial charge in [0, 0.05) is 12.0 Å². The van der Waals surface area contributed by atoms with Crippen molar-refractivity contribution in [3.8, 4) is 0 Å². The van der Waals surface area contributed by atoms with E-state index in [1.54, 1.807) is 41.5 Å². The maximum atomic E-state index is 12.4. The smallest absolute Gasteiger partial charge is 0.407 e. The monoisotopic (exact) mass is 430 g/mol. The van der Waals surface area contributed by atoms with Gasteiger partial charge in [0.15, 0.2) is 0 Å². The van der Waals surface area contributed by atoms with Crippen LogP contribution in [0.1, 0.15) is 81.1 Å². The van der Waals surface area contributed by atoms with Gasteiger partial charge in [0.2, 0.25) is 0 Å². The summed E-state index contributed by atoms with van der Waals surface area (Å²) in [6.07, 6.45) is -0.778.